The number of hydrogen-bond acceptors (Lipinski definition) is 4. The van der Waals surface area contributed by atoms with Crippen LogP contribution in [-0.4, -0.2) is 37.7 Å². The van der Waals surface area contributed by atoms with Gasteiger partial charge in [0.2, 0.25) is 0 Å². The summed E-state index contributed by atoms with van der Waals surface area (Å²) in [4.78, 5) is 2.50. The fourth-order valence-corrected chi connectivity index (χ4v) is 2.59. The molecule has 4 nitrogen and oxygen atoms in total. The first kappa shape index (κ1) is 15.5. The molecule has 1 fully saturated rings. The van der Waals surface area contributed by atoms with E-state index in [0.29, 0.717) is 6.61 Å². The largest absolute Gasteiger partial charge is 0.468 e. The molecule has 0 amide bonds. The fourth-order valence-electron chi connectivity index (χ4n) is 2.59. The first-order valence-corrected chi connectivity index (χ1v) is 7.96. The van der Waals surface area contributed by atoms with E-state index in [1.165, 1.54) is 37.9 Å². The molecule has 0 spiro atoms. The van der Waals surface area contributed by atoms with Gasteiger partial charge in [0.05, 0.1) is 26.0 Å². The van der Waals surface area contributed by atoms with Crippen LogP contribution in [0.5, 0.6) is 0 Å². The minimum atomic E-state index is 0.660. The first-order valence-electron chi connectivity index (χ1n) is 7.96. The highest BCUT2D eigenvalue weighted by atomic mass is 16.5. The van der Waals surface area contributed by atoms with Crippen LogP contribution in [0.3, 0.4) is 0 Å². The van der Waals surface area contributed by atoms with Crippen LogP contribution >= 0.6 is 0 Å². The lowest BCUT2D eigenvalue weighted by Gasteiger charge is -2.26. The van der Waals surface area contributed by atoms with E-state index in [9.17, 15) is 0 Å². The first-order chi connectivity index (χ1) is 9.90. The van der Waals surface area contributed by atoms with Gasteiger partial charge in [0.25, 0.3) is 0 Å². The fraction of sp³-hybridized carbons (Fsp3) is 0.750. The molecule has 0 bridgehead atoms. The zero-order valence-electron chi connectivity index (χ0n) is 12.7. The van der Waals surface area contributed by atoms with Gasteiger partial charge in [-0.3, -0.25) is 0 Å². The van der Waals surface area contributed by atoms with Crippen molar-refractivity contribution in [2.24, 2.45) is 0 Å². The summed E-state index contributed by atoms with van der Waals surface area (Å²) in [6.07, 6.45) is 6.97. The van der Waals surface area contributed by atoms with Crippen LogP contribution in [0.4, 0.5) is 0 Å². The van der Waals surface area contributed by atoms with Crippen molar-refractivity contribution in [3.8, 4) is 0 Å². The highest BCUT2D eigenvalue weighted by Crippen LogP contribution is 2.12. The van der Waals surface area contributed by atoms with Gasteiger partial charge in [-0.1, -0.05) is 13.3 Å². The molecule has 1 N–H and O–H groups in total. The van der Waals surface area contributed by atoms with E-state index in [1.54, 1.807) is 6.26 Å². The van der Waals surface area contributed by atoms with E-state index in [2.05, 4.69) is 17.1 Å². The maximum atomic E-state index is 5.80. The molecular weight excluding hydrogens is 252 g/mol. The van der Waals surface area contributed by atoms with E-state index >= 15 is 0 Å². The molecular formula is C16H28N2O2. The Labute approximate surface area is 122 Å². The van der Waals surface area contributed by atoms with Crippen LogP contribution in [0.2, 0.25) is 0 Å². The number of ether oxygens (including phenoxy) is 1. The van der Waals surface area contributed by atoms with E-state index in [-0.39, 0.29) is 0 Å². The van der Waals surface area contributed by atoms with Gasteiger partial charge >= 0.3 is 0 Å². The topological polar surface area (TPSA) is 37.6 Å². The summed E-state index contributed by atoms with van der Waals surface area (Å²) in [5.41, 5.74) is 1.17. The molecule has 2 heterocycles. The summed E-state index contributed by atoms with van der Waals surface area (Å²) in [5.74, 6) is 1.01. The molecule has 0 aliphatic carbocycles. The van der Waals surface area contributed by atoms with Crippen molar-refractivity contribution in [2.75, 3.05) is 32.8 Å². The Bertz CT molecular complexity index is 359. The minimum absolute atomic E-state index is 0.660. The molecule has 114 valence electrons. The monoisotopic (exact) mass is 280 g/mol. The van der Waals surface area contributed by atoms with Gasteiger partial charge in [0, 0.05) is 12.1 Å². The zero-order chi connectivity index (χ0) is 14.0. The van der Waals surface area contributed by atoms with Crippen molar-refractivity contribution in [2.45, 2.75) is 45.8 Å². The Morgan fingerprint density at radius 1 is 1.30 bits per heavy atom. The molecule has 1 saturated heterocycles. The van der Waals surface area contributed by atoms with Crippen molar-refractivity contribution in [3.63, 3.8) is 0 Å². The Morgan fingerprint density at radius 3 is 2.95 bits per heavy atom. The van der Waals surface area contributed by atoms with Crippen molar-refractivity contribution in [3.05, 3.63) is 23.7 Å². The van der Waals surface area contributed by atoms with Gasteiger partial charge in [-0.15, -0.1) is 0 Å². The average Bonchev–Trinajstić information content (AvgIpc) is 2.93. The van der Waals surface area contributed by atoms with E-state index in [1.807, 2.05) is 6.07 Å². The normalized spacial score (nSPS) is 16.6. The maximum Gasteiger partial charge on any atom is 0.123 e. The van der Waals surface area contributed by atoms with Gasteiger partial charge in [0.15, 0.2) is 0 Å². The molecule has 1 aromatic heterocycles. The molecule has 1 aliphatic heterocycles. The highest BCUT2D eigenvalue weighted by Gasteiger charge is 2.10. The number of piperidine rings is 1. The van der Waals surface area contributed by atoms with Gasteiger partial charge < -0.3 is 19.4 Å². The third kappa shape index (κ3) is 5.27. The molecule has 0 saturated carbocycles. The third-order valence-corrected chi connectivity index (χ3v) is 3.81. The molecule has 0 atom stereocenters. The number of nitrogens with one attached hydrogen (secondary N) is 1. The quantitative estimate of drug-likeness (QED) is 0.706. The number of rotatable bonds is 9. The summed E-state index contributed by atoms with van der Waals surface area (Å²) in [5, 5.41) is 3.36. The minimum Gasteiger partial charge on any atom is -0.468 e. The van der Waals surface area contributed by atoms with Crippen LogP contribution in [0.25, 0.3) is 0 Å². The van der Waals surface area contributed by atoms with Crippen molar-refractivity contribution in [1.29, 1.82) is 0 Å². The molecule has 1 aromatic rings. The SMILES string of the molecule is CCCNCc1occc1COCCN1CCCCC1. The van der Waals surface area contributed by atoms with E-state index in [0.717, 1.165) is 38.4 Å². The summed E-state index contributed by atoms with van der Waals surface area (Å²) >= 11 is 0. The van der Waals surface area contributed by atoms with Crippen LogP contribution in [0.1, 0.15) is 43.9 Å². The predicted molar refractivity (Wildman–Crippen MR) is 80.7 cm³/mol. The Hall–Kier alpha value is -0.840. The van der Waals surface area contributed by atoms with Crippen LogP contribution < -0.4 is 5.32 Å². The van der Waals surface area contributed by atoms with Crippen molar-refractivity contribution in [1.82, 2.24) is 10.2 Å². The van der Waals surface area contributed by atoms with Crippen molar-refractivity contribution >= 4 is 0 Å². The lowest BCUT2D eigenvalue weighted by Crippen LogP contribution is -2.32. The molecule has 20 heavy (non-hydrogen) atoms. The van der Waals surface area contributed by atoms with Gasteiger partial charge in [-0.25, -0.2) is 0 Å². The molecule has 1 aliphatic rings. The molecule has 2 rings (SSSR count). The zero-order valence-corrected chi connectivity index (χ0v) is 12.7. The molecule has 0 radical (unpaired) electrons. The highest BCUT2D eigenvalue weighted by molar-refractivity contribution is 5.15. The van der Waals surface area contributed by atoms with Crippen LogP contribution in [0.15, 0.2) is 16.7 Å². The van der Waals surface area contributed by atoms with Crippen molar-refractivity contribution < 1.29 is 9.15 Å². The van der Waals surface area contributed by atoms with E-state index < -0.39 is 0 Å². The smallest absolute Gasteiger partial charge is 0.123 e. The summed E-state index contributed by atoms with van der Waals surface area (Å²) in [7, 11) is 0. The number of hydrogen-bond donors (Lipinski definition) is 1. The van der Waals surface area contributed by atoms with Crippen LogP contribution in [0, 0.1) is 0 Å². The molecule has 4 heteroatoms. The number of nitrogens with zero attached hydrogens (tertiary/aromatic N) is 1. The van der Waals surface area contributed by atoms with Gasteiger partial charge in [-0.2, -0.15) is 0 Å². The van der Waals surface area contributed by atoms with Gasteiger partial charge in [0.1, 0.15) is 5.76 Å². The maximum absolute atomic E-state index is 5.80. The predicted octanol–water partition coefficient (Wildman–Crippen LogP) is 2.78. The summed E-state index contributed by atoms with van der Waals surface area (Å²) in [6, 6.07) is 2.02. The van der Waals surface area contributed by atoms with Crippen LogP contribution in [-0.2, 0) is 17.9 Å². The standard InChI is InChI=1S/C16H28N2O2/c1-2-7-17-13-16-15(6-11-20-16)14-19-12-10-18-8-4-3-5-9-18/h6,11,17H,2-5,7-10,12-14H2,1H3. The third-order valence-electron chi connectivity index (χ3n) is 3.81. The molecule has 0 aromatic carbocycles. The molecule has 0 unspecified atom stereocenters. The summed E-state index contributed by atoms with van der Waals surface area (Å²) < 4.78 is 11.3. The second-order valence-electron chi connectivity index (χ2n) is 5.50. The average molecular weight is 280 g/mol. The Kier molecular flexibility index (Phi) is 7.12. The Balaban J connectivity index is 1.62. The number of likely N-dealkylation sites (tertiary alicyclic amines) is 1. The number of furan rings is 1. The van der Waals surface area contributed by atoms with E-state index in [4.69, 9.17) is 9.15 Å². The second kappa shape index (κ2) is 9.16. The second-order valence-corrected chi connectivity index (χ2v) is 5.50. The summed E-state index contributed by atoms with van der Waals surface area (Å²) in [6.45, 7) is 8.99. The lowest BCUT2D eigenvalue weighted by atomic mass is 10.1. The van der Waals surface area contributed by atoms with Gasteiger partial charge in [-0.05, 0) is 45.0 Å². The lowest BCUT2D eigenvalue weighted by molar-refractivity contribution is 0.0854. The Morgan fingerprint density at radius 2 is 2.15 bits per heavy atom.